The second kappa shape index (κ2) is 7.92. The fourth-order valence-electron chi connectivity index (χ4n) is 3.61. The maximum absolute atomic E-state index is 12.8. The molecule has 0 bridgehead atoms. The van der Waals surface area contributed by atoms with E-state index in [1.54, 1.807) is 11.0 Å². The first-order valence-electron chi connectivity index (χ1n) is 9.76. The van der Waals surface area contributed by atoms with E-state index in [2.05, 4.69) is 0 Å². The molecular weight excluding hydrogens is 362 g/mol. The molecule has 3 aromatic rings. The normalized spacial score (nSPS) is 16.1. The highest BCUT2D eigenvalue weighted by Gasteiger charge is 2.36. The average Bonchev–Trinajstić information content (AvgIpc) is 3.13. The van der Waals surface area contributed by atoms with Crippen LogP contribution in [0.15, 0.2) is 72.8 Å². The van der Waals surface area contributed by atoms with Gasteiger partial charge in [0.15, 0.2) is 0 Å². The largest absolute Gasteiger partial charge is 0.426 e. The van der Waals surface area contributed by atoms with E-state index in [0.29, 0.717) is 12.3 Å². The number of nitrogens with zero attached hydrogens (tertiary/aromatic N) is 1. The van der Waals surface area contributed by atoms with E-state index in [4.69, 9.17) is 4.74 Å². The Balaban J connectivity index is 1.52. The summed E-state index contributed by atoms with van der Waals surface area (Å²) in [4.78, 5) is 27.1. The Kier molecular flexibility index (Phi) is 5.17. The van der Waals surface area contributed by atoms with Gasteiger partial charge in [0, 0.05) is 24.2 Å². The van der Waals surface area contributed by atoms with Gasteiger partial charge in [0.05, 0.1) is 5.92 Å². The molecule has 1 aliphatic heterocycles. The quantitative estimate of drug-likeness (QED) is 0.473. The first-order chi connectivity index (χ1) is 14.0. The fraction of sp³-hybridized carbons (Fsp3) is 0.200. The first-order valence-corrected chi connectivity index (χ1v) is 9.76. The van der Waals surface area contributed by atoms with Gasteiger partial charge >= 0.3 is 5.97 Å². The summed E-state index contributed by atoms with van der Waals surface area (Å²) in [6.07, 6.45) is 0.166. The summed E-state index contributed by atoms with van der Waals surface area (Å²) in [6.45, 7) is 4.40. The first kappa shape index (κ1) is 18.9. The third-order valence-electron chi connectivity index (χ3n) is 5.44. The van der Waals surface area contributed by atoms with Crippen LogP contribution in [0.3, 0.4) is 0 Å². The molecule has 29 heavy (non-hydrogen) atoms. The van der Waals surface area contributed by atoms with Crippen molar-refractivity contribution in [2.75, 3.05) is 11.4 Å². The lowest BCUT2D eigenvalue weighted by Crippen LogP contribution is -2.27. The maximum Gasteiger partial charge on any atom is 0.316 e. The number of anilines is 1. The SMILES string of the molecule is Cc1ccc(N2C[C@@H](C(=O)Oc3ccccc3-c3ccccc3)CC2=O)cc1C. The van der Waals surface area contributed by atoms with Gasteiger partial charge in [0.25, 0.3) is 0 Å². The van der Waals surface area contributed by atoms with Gasteiger partial charge in [-0.25, -0.2) is 0 Å². The Hall–Kier alpha value is -3.40. The van der Waals surface area contributed by atoms with Crippen molar-refractivity contribution in [3.63, 3.8) is 0 Å². The van der Waals surface area contributed by atoms with Crippen molar-refractivity contribution in [2.24, 2.45) is 5.92 Å². The van der Waals surface area contributed by atoms with Crippen LogP contribution >= 0.6 is 0 Å². The summed E-state index contributed by atoms with van der Waals surface area (Å²) in [7, 11) is 0. The molecule has 1 fully saturated rings. The van der Waals surface area contributed by atoms with E-state index in [0.717, 1.165) is 22.4 Å². The van der Waals surface area contributed by atoms with Gasteiger partial charge in [-0.15, -0.1) is 0 Å². The number of carbonyl (C=O) groups excluding carboxylic acids is 2. The van der Waals surface area contributed by atoms with E-state index < -0.39 is 5.92 Å². The standard InChI is InChI=1S/C25H23NO3/c1-17-12-13-21(14-18(17)2)26-16-20(15-24(26)27)25(28)29-23-11-7-6-10-22(23)19-8-4-3-5-9-19/h3-14,20H,15-16H2,1-2H3/t20-/m0/s1. The molecule has 1 saturated heterocycles. The van der Waals surface area contributed by atoms with Crippen molar-refractivity contribution in [2.45, 2.75) is 20.3 Å². The lowest BCUT2D eigenvalue weighted by molar-refractivity contribution is -0.139. The van der Waals surface area contributed by atoms with Crippen LogP contribution in [0, 0.1) is 19.8 Å². The minimum atomic E-state index is -0.479. The summed E-state index contributed by atoms with van der Waals surface area (Å²) in [6, 6.07) is 23.2. The molecule has 3 aromatic carbocycles. The molecule has 1 aliphatic rings. The molecule has 4 nitrogen and oxygen atoms in total. The smallest absolute Gasteiger partial charge is 0.316 e. The third kappa shape index (κ3) is 3.92. The highest BCUT2D eigenvalue weighted by molar-refractivity contribution is 6.00. The number of amides is 1. The molecule has 0 radical (unpaired) electrons. The maximum atomic E-state index is 12.8. The number of hydrogen-bond acceptors (Lipinski definition) is 3. The van der Waals surface area contributed by atoms with Crippen LogP contribution in [0.4, 0.5) is 5.69 Å². The zero-order valence-corrected chi connectivity index (χ0v) is 16.6. The molecular formula is C25H23NO3. The second-order valence-corrected chi connectivity index (χ2v) is 7.46. The monoisotopic (exact) mass is 385 g/mol. The molecule has 0 aromatic heterocycles. The highest BCUT2D eigenvalue weighted by Crippen LogP contribution is 2.32. The molecule has 4 heteroatoms. The number of hydrogen-bond donors (Lipinski definition) is 0. The number of esters is 1. The molecule has 1 atom stereocenters. The fourth-order valence-corrected chi connectivity index (χ4v) is 3.61. The third-order valence-corrected chi connectivity index (χ3v) is 5.44. The van der Waals surface area contributed by atoms with Crippen LogP contribution in [0.25, 0.3) is 11.1 Å². The van der Waals surface area contributed by atoms with Gasteiger partial charge in [0.2, 0.25) is 5.91 Å². The molecule has 1 amide bonds. The minimum Gasteiger partial charge on any atom is -0.426 e. The average molecular weight is 385 g/mol. The Labute approximate surface area is 170 Å². The zero-order chi connectivity index (χ0) is 20.4. The highest BCUT2D eigenvalue weighted by atomic mass is 16.5. The lowest BCUT2D eigenvalue weighted by Gasteiger charge is -2.18. The summed E-state index contributed by atoms with van der Waals surface area (Å²) >= 11 is 0. The van der Waals surface area contributed by atoms with Crippen LogP contribution in [-0.2, 0) is 9.59 Å². The van der Waals surface area contributed by atoms with Crippen LogP contribution in [0.5, 0.6) is 5.75 Å². The molecule has 146 valence electrons. The summed E-state index contributed by atoms with van der Waals surface area (Å²) in [5.74, 6) is -0.381. The van der Waals surface area contributed by atoms with Crippen LogP contribution in [-0.4, -0.2) is 18.4 Å². The Morgan fingerprint density at radius 2 is 1.66 bits per heavy atom. The zero-order valence-electron chi connectivity index (χ0n) is 16.6. The number of aryl methyl sites for hydroxylation is 2. The van der Waals surface area contributed by atoms with Gasteiger partial charge in [-0.3, -0.25) is 9.59 Å². The predicted octanol–water partition coefficient (Wildman–Crippen LogP) is 4.93. The summed E-state index contributed by atoms with van der Waals surface area (Å²) in [5.41, 5.74) is 4.97. The van der Waals surface area contributed by atoms with Gasteiger partial charge in [-0.05, 0) is 48.7 Å². The minimum absolute atomic E-state index is 0.0495. The number of rotatable bonds is 4. The Morgan fingerprint density at radius 3 is 2.41 bits per heavy atom. The molecule has 1 heterocycles. The van der Waals surface area contributed by atoms with Crippen molar-refractivity contribution in [1.29, 1.82) is 0 Å². The van der Waals surface area contributed by atoms with E-state index in [-0.39, 0.29) is 18.3 Å². The molecule has 0 spiro atoms. The second-order valence-electron chi connectivity index (χ2n) is 7.46. The molecule has 0 unspecified atom stereocenters. The Morgan fingerprint density at radius 1 is 0.931 bits per heavy atom. The van der Waals surface area contributed by atoms with Crippen molar-refractivity contribution >= 4 is 17.6 Å². The van der Waals surface area contributed by atoms with Gasteiger partial charge in [0.1, 0.15) is 5.75 Å². The summed E-state index contributed by atoms with van der Waals surface area (Å²) in [5, 5.41) is 0. The van der Waals surface area contributed by atoms with Gasteiger partial charge in [-0.1, -0.05) is 54.6 Å². The number of ether oxygens (including phenoxy) is 1. The molecule has 0 N–H and O–H groups in total. The van der Waals surface area contributed by atoms with Crippen molar-refractivity contribution in [1.82, 2.24) is 0 Å². The van der Waals surface area contributed by atoms with Crippen molar-refractivity contribution in [3.05, 3.63) is 83.9 Å². The Bertz CT molecular complexity index is 1060. The lowest BCUT2D eigenvalue weighted by atomic mass is 10.0. The summed E-state index contributed by atoms with van der Waals surface area (Å²) < 4.78 is 5.74. The van der Waals surface area contributed by atoms with Gasteiger partial charge < -0.3 is 9.64 Å². The van der Waals surface area contributed by atoms with Crippen LogP contribution in [0.2, 0.25) is 0 Å². The van der Waals surface area contributed by atoms with Crippen molar-refractivity contribution in [3.8, 4) is 16.9 Å². The van der Waals surface area contributed by atoms with Gasteiger partial charge in [-0.2, -0.15) is 0 Å². The van der Waals surface area contributed by atoms with E-state index >= 15 is 0 Å². The topological polar surface area (TPSA) is 46.6 Å². The number of benzene rings is 3. The van der Waals surface area contributed by atoms with E-state index in [1.165, 1.54) is 5.56 Å². The van der Waals surface area contributed by atoms with Crippen LogP contribution in [0.1, 0.15) is 17.5 Å². The predicted molar refractivity (Wildman–Crippen MR) is 114 cm³/mol. The molecule has 4 rings (SSSR count). The number of para-hydroxylation sites is 1. The number of carbonyl (C=O) groups is 2. The van der Waals surface area contributed by atoms with Crippen LogP contribution < -0.4 is 9.64 Å². The van der Waals surface area contributed by atoms with Crippen molar-refractivity contribution < 1.29 is 14.3 Å². The molecule has 0 aliphatic carbocycles. The molecule has 0 saturated carbocycles. The van der Waals surface area contributed by atoms with E-state index in [1.807, 2.05) is 80.6 Å². The van der Waals surface area contributed by atoms with E-state index in [9.17, 15) is 9.59 Å².